The Morgan fingerprint density at radius 2 is 1.96 bits per heavy atom. The first-order valence-electron chi connectivity index (χ1n) is 7.63. The van der Waals surface area contributed by atoms with Crippen LogP contribution in [0.15, 0.2) is 39.3 Å². The molecule has 2 rings (SSSR count). The number of anilines is 1. The lowest BCUT2D eigenvalue weighted by Crippen LogP contribution is -2.40. The van der Waals surface area contributed by atoms with E-state index < -0.39 is 0 Å². The molecule has 2 aromatic rings. The van der Waals surface area contributed by atoms with Crippen molar-refractivity contribution in [3.8, 4) is 0 Å². The SMILES string of the molecule is Cc1cc(NC(=O)CN(CC(C)C)C(=O)c2ccc(Br)cc2)no1. The molecule has 0 bridgehead atoms. The Hall–Kier alpha value is -2.15. The number of halogens is 1. The zero-order valence-electron chi connectivity index (χ0n) is 13.9. The van der Waals surface area contributed by atoms with Crippen LogP contribution in [-0.4, -0.2) is 35.0 Å². The van der Waals surface area contributed by atoms with Gasteiger partial charge in [-0.2, -0.15) is 0 Å². The van der Waals surface area contributed by atoms with Crippen LogP contribution in [0.3, 0.4) is 0 Å². The number of amides is 2. The maximum Gasteiger partial charge on any atom is 0.254 e. The van der Waals surface area contributed by atoms with Crippen LogP contribution in [0.5, 0.6) is 0 Å². The van der Waals surface area contributed by atoms with Crippen LogP contribution >= 0.6 is 15.9 Å². The minimum Gasteiger partial charge on any atom is -0.360 e. The number of benzene rings is 1. The van der Waals surface area contributed by atoms with Crippen molar-refractivity contribution in [1.82, 2.24) is 10.1 Å². The number of aromatic nitrogens is 1. The number of aryl methyl sites for hydroxylation is 1. The summed E-state index contributed by atoms with van der Waals surface area (Å²) in [4.78, 5) is 26.4. The highest BCUT2D eigenvalue weighted by molar-refractivity contribution is 9.10. The van der Waals surface area contributed by atoms with Crippen molar-refractivity contribution in [2.24, 2.45) is 5.92 Å². The first-order chi connectivity index (χ1) is 11.3. The van der Waals surface area contributed by atoms with E-state index in [4.69, 9.17) is 4.52 Å². The minimum atomic E-state index is -0.311. The van der Waals surface area contributed by atoms with Gasteiger partial charge in [-0.25, -0.2) is 0 Å². The van der Waals surface area contributed by atoms with Crippen LogP contribution in [0.1, 0.15) is 30.0 Å². The summed E-state index contributed by atoms with van der Waals surface area (Å²) in [7, 11) is 0. The van der Waals surface area contributed by atoms with Crippen molar-refractivity contribution in [3.63, 3.8) is 0 Å². The molecule has 0 saturated carbocycles. The number of hydrogen-bond acceptors (Lipinski definition) is 4. The lowest BCUT2D eigenvalue weighted by Gasteiger charge is -2.24. The van der Waals surface area contributed by atoms with E-state index >= 15 is 0 Å². The fourth-order valence-electron chi connectivity index (χ4n) is 2.22. The normalized spacial score (nSPS) is 10.7. The molecule has 1 aromatic carbocycles. The molecular weight excluding hydrogens is 374 g/mol. The molecule has 1 aromatic heterocycles. The molecule has 0 fully saturated rings. The van der Waals surface area contributed by atoms with E-state index in [0.717, 1.165) is 4.47 Å². The molecule has 0 radical (unpaired) electrons. The van der Waals surface area contributed by atoms with Gasteiger partial charge in [0.1, 0.15) is 12.3 Å². The van der Waals surface area contributed by atoms with Gasteiger partial charge in [-0.3, -0.25) is 9.59 Å². The topological polar surface area (TPSA) is 75.4 Å². The highest BCUT2D eigenvalue weighted by Gasteiger charge is 2.20. The molecule has 24 heavy (non-hydrogen) atoms. The second kappa shape index (κ2) is 8.10. The summed E-state index contributed by atoms with van der Waals surface area (Å²) in [6.45, 7) is 6.19. The van der Waals surface area contributed by atoms with Crippen molar-refractivity contribution >= 4 is 33.6 Å². The molecule has 1 N–H and O–H groups in total. The predicted octanol–water partition coefficient (Wildman–Crippen LogP) is 3.48. The largest absolute Gasteiger partial charge is 0.360 e. The van der Waals surface area contributed by atoms with Gasteiger partial charge < -0.3 is 14.7 Å². The Balaban J connectivity index is 2.08. The van der Waals surface area contributed by atoms with Gasteiger partial charge in [-0.05, 0) is 37.1 Å². The first-order valence-corrected chi connectivity index (χ1v) is 8.42. The number of nitrogens with zero attached hydrogens (tertiary/aromatic N) is 2. The van der Waals surface area contributed by atoms with Crippen LogP contribution in [-0.2, 0) is 4.79 Å². The van der Waals surface area contributed by atoms with E-state index in [9.17, 15) is 9.59 Å². The maximum atomic E-state index is 12.7. The third kappa shape index (κ3) is 5.19. The molecule has 0 unspecified atom stereocenters. The Bertz CT molecular complexity index is 710. The average Bonchev–Trinajstić information content (AvgIpc) is 2.91. The highest BCUT2D eigenvalue weighted by atomic mass is 79.9. The van der Waals surface area contributed by atoms with Gasteiger partial charge in [0.2, 0.25) is 5.91 Å². The highest BCUT2D eigenvalue weighted by Crippen LogP contribution is 2.14. The zero-order chi connectivity index (χ0) is 17.7. The maximum absolute atomic E-state index is 12.7. The number of nitrogens with one attached hydrogen (secondary N) is 1. The van der Waals surface area contributed by atoms with Gasteiger partial charge in [0.05, 0.1) is 0 Å². The summed E-state index contributed by atoms with van der Waals surface area (Å²) < 4.78 is 5.81. The van der Waals surface area contributed by atoms with Gasteiger partial charge in [-0.1, -0.05) is 34.9 Å². The Morgan fingerprint density at radius 3 is 2.50 bits per heavy atom. The summed E-state index contributed by atoms with van der Waals surface area (Å²) in [6, 6.07) is 8.70. The third-order valence-electron chi connectivity index (χ3n) is 3.19. The number of rotatable bonds is 6. The van der Waals surface area contributed by atoms with Crippen molar-refractivity contribution in [2.75, 3.05) is 18.4 Å². The number of carbonyl (C=O) groups excluding carboxylic acids is 2. The monoisotopic (exact) mass is 393 g/mol. The van der Waals surface area contributed by atoms with Gasteiger partial charge >= 0.3 is 0 Å². The van der Waals surface area contributed by atoms with Crippen LogP contribution in [0.2, 0.25) is 0 Å². The van der Waals surface area contributed by atoms with E-state index in [-0.39, 0.29) is 24.3 Å². The Labute approximate surface area is 149 Å². The second-order valence-electron chi connectivity index (χ2n) is 5.96. The minimum absolute atomic E-state index is 0.0427. The molecule has 6 nitrogen and oxygen atoms in total. The Kier molecular flexibility index (Phi) is 6.14. The molecule has 2 amide bonds. The average molecular weight is 394 g/mol. The molecule has 0 aliphatic rings. The van der Waals surface area contributed by atoms with E-state index in [0.29, 0.717) is 23.7 Å². The quantitative estimate of drug-likeness (QED) is 0.814. The molecule has 128 valence electrons. The van der Waals surface area contributed by atoms with E-state index in [1.807, 2.05) is 13.8 Å². The molecule has 0 aliphatic heterocycles. The van der Waals surface area contributed by atoms with Crippen LogP contribution < -0.4 is 5.32 Å². The van der Waals surface area contributed by atoms with Gasteiger partial charge in [-0.15, -0.1) is 0 Å². The van der Waals surface area contributed by atoms with E-state index in [1.54, 1.807) is 37.3 Å². The van der Waals surface area contributed by atoms with Crippen molar-refractivity contribution in [3.05, 3.63) is 46.1 Å². The van der Waals surface area contributed by atoms with Gasteiger partial charge in [0, 0.05) is 22.6 Å². The van der Waals surface area contributed by atoms with E-state index in [1.165, 1.54) is 4.90 Å². The lowest BCUT2D eigenvalue weighted by molar-refractivity contribution is -0.117. The smallest absolute Gasteiger partial charge is 0.254 e. The fourth-order valence-corrected chi connectivity index (χ4v) is 2.48. The molecule has 7 heteroatoms. The van der Waals surface area contributed by atoms with Gasteiger partial charge in [0.15, 0.2) is 5.82 Å². The van der Waals surface area contributed by atoms with Crippen LogP contribution in [0.4, 0.5) is 5.82 Å². The summed E-state index contributed by atoms with van der Waals surface area (Å²) in [5.74, 6) is 0.706. The second-order valence-corrected chi connectivity index (χ2v) is 6.87. The number of hydrogen-bond donors (Lipinski definition) is 1. The molecule has 0 atom stereocenters. The lowest BCUT2D eigenvalue weighted by atomic mass is 10.1. The van der Waals surface area contributed by atoms with Crippen molar-refractivity contribution < 1.29 is 14.1 Å². The third-order valence-corrected chi connectivity index (χ3v) is 3.72. The van der Waals surface area contributed by atoms with Crippen molar-refractivity contribution in [1.29, 1.82) is 0 Å². The standard InChI is InChI=1S/C17H20BrN3O3/c1-11(2)9-21(17(23)13-4-6-14(18)7-5-13)10-16(22)19-15-8-12(3)24-20-15/h4-8,11H,9-10H2,1-3H3,(H,19,20,22). The summed E-state index contributed by atoms with van der Waals surface area (Å²) in [5.41, 5.74) is 0.545. The molecule has 0 aliphatic carbocycles. The molecule has 1 heterocycles. The molecular formula is C17H20BrN3O3. The Morgan fingerprint density at radius 1 is 1.29 bits per heavy atom. The zero-order valence-corrected chi connectivity index (χ0v) is 15.5. The van der Waals surface area contributed by atoms with Crippen molar-refractivity contribution in [2.45, 2.75) is 20.8 Å². The van der Waals surface area contributed by atoms with Crippen LogP contribution in [0, 0.1) is 12.8 Å². The predicted molar refractivity (Wildman–Crippen MR) is 94.8 cm³/mol. The summed E-state index contributed by atoms with van der Waals surface area (Å²) >= 11 is 3.35. The van der Waals surface area contributed by atoms with E-state index in [2.05, 4.69) is 26.4 Å². The van der Waals surface area contributed by atoms with Crippen LogP contribution in [0.25, 0.3) is 0 Å². The molecule has 0 saturated heterocycles. The molecule has 0 spiro atoms. The summed E-state index contributed by atoms with van der Waals surface area (Å²) in [5, 5.41) is 6.36. The van der Waals surface area contributed by atoms with Gasteiger partial charge in [0.25, 0.3) is 5.91 Å². The number of carbonyl (C=O) groups is 2. The first kappa shape index (κ1) is 18.2. The summed E-state index contributed by atoms with van der Waals surface area (Å²) in [6.07, 6.45) is 0. The fraction of sp³-hybridized carbons (Fsp3) is 0.353.